The van der Waals surface area contributed by atoms with Gasteiger partial charge in [-0.05, 0) is 30.7 Å². The summed E-state index contributed by atoms with van der Waals surface area (Å²) < 4.78 is 1.39. The van der Waals surface area contributed by atoms with Crippen LogP contribution in [0.1, 0.15) is 50.3 Å². The van der Waals surface area contributed by atoms with Gasteiger partial charge in [0.25, 0.3) is 5.56 Å². The summed E-state index contributed by atoms with van der Waals surface area (Å²) >= 11 is 1.45. The van der Waals surface area contributed by atoms with Crippen molar-refractivity contribution in [1.29, 1.82) is 0 Å². The van der Waals surface area contributed by atoms with E-state index in [-0.39, 0.29) is 23.3 Å². The van der Waals surface area contributed by atoms with Crippen molar-refractivity contribution in [3.05, 3.63) is 58.0 Å². The third-order valence-electron chi connectivity index (χ3n) is 5.88. The number of nitrogens with zero attached hydrogens (tertiary/aromatic N) is 4. The highest BCUT2D eigenvalue weighted by molar-refractivity contribution is 7.20. The molecule has 31 heavy (non-hydrogen) atoms. The zero-order valence-electron chi connectivity index (χ0n) is 18.1. The minimum atomic E-state index is -0.127. The average Bonchev–Trinajstić information content (AvgIpc) is 3.23. The highest BCUT2D eigenvalue weighted by Crippen LogP contribution is 2.27. The number of anilines is 1. The monoisotopic (exact) mass is 439 g/mol. The van der Waals surface area contributed by atoms with Crippen LogP contribution in [0.2, 0.25) is 0 Å². The maximum Gasteiger partial charge on any atom is 0.275 e. The molecule has 3 aromatic rings. The van der Waals surface area contributed by atoms with Gasteiger partial charge in [0.1, 0.15) is 0 Å². The highest BCUT2D eigenvalue weighted by atomic mass is 32.1. The Morgan fingerprint density at radius 3 is 2.71 bits per heavy atom. The molecular weight excluding hydrogens is 410 g/mol. The van der Waals surface area contributed by atoms with Gasteiger partial charge in [0.2, 0.25) is 16.0 Å². The van der Waals surface area contributed by atoms with E-state index in [1.165, 1.54) is 21.4 Å². The molecule has 1 amide bonds. The number of aromatic nitrogens is 3. The fourth-order valence-corrected chi connectivity index (χ4v) is 4.97. The predicted molar refractivity (Wildman–Crippen MR) is 124 cm³/mol. The van der Waals surface area contributed by atoms with Crippen LogP contribution in [0.5, 0.6) is 0 Å². The van der Waals surface area contributed by atoms with Crippen LogP contribution in [0.4, 0.5) is 5.13 Å². The molecule has 8 heteroatoms. The van der Waals surface area contributed by atoms with Crippen molar-refractivity contribution in [1.82, 2.24) is 19.9 Å². The molecular formula is C23H29N5O2S. The molecule has 0 unspecified atom stereocenters. The van der Waals surface area contributed by atoms with E-state index in [9.17, 15) is 9.59 Å². The lowest BCUT2D eigenvalue weighted by atomic mass is 9.95. The number of carbonyl (C=O) groups is 1. The Morgan fingerprint density at radius 1 is 1.26 bits per heavy atom. The van der Waals surface area contributed by atoms with Crippen molar-refractivity contribution in [2.45, 2.75) is 45.4 Å². The zero-order valence-corrected chi connectivity index (χ0v) is 18.9. The summed E-state index contributed by atoms with van der Waals surface area (Å²) in [6, 6.07) is 11.8. The summed E-state index contributed by atoms with van der Waals surface area (Å²) in [6.45, 7) is 6.36. The molecule has 0 bridgehead atoms. The number of hydrogen-bond acceptors (Lipinski definition) is 6. The van der Waals surface area contributed by atoms with Crippen molar-refractivity contribution in [3.63, 3.8) is 0 Å². The molecule has 2 aromatic heterocycles. The standard InChI is InChI=1S/C23H29N5O2S/c1-3-7-19-14-20(29)28-22(25-19)31-23(26-28)27-12-10-18(11-13-27)21(30)24-15-16(2)17-8-5-4-6-9-17/h4-6,8-9,14,16,18H,3,7,10-13,15H2,1-2H3,(H,24,30)/t16-/m1/s1. The molecule has 1 saturated heterocycles. The summed E-state index contributed by atoms with van der Waals surface area (Å²) in [5.74, 6) is 0.441. The number of benzene rings is 1. The summed E-state index contributed by atoms with van der Waals surface area (Å²) in [5, 5.41) is 8.41. The third-order valence-corrected chi connectivity index (χ3v) is 6.85. The Kier molecular flexibility index (Phi) is 6.65. The molecule has 1 aliphatic heterocycles. The van der Waals surface area contributed by atoms with Crippen molar-refractivity contribution in [2.75, 3.05) is 24.5 Å². The first kappa shape index (κ1) is 21.5. The number of amides is 1. The van der Waals surface area contributed by atoms with Gasteiger partial charge < -0.3 is 10.2 Å². The van der Waals surface area contributed by atoms with Crippen molar-refractivity contribution in [3.8, 4) is 0 Å². The lowest BCUT2D eigenvalue weighted by Gasteiger charge is -2.30. The topological polar surface area (TPSA) is 79.6 Å². The first-order valence-corrected chi connectivity index (χ1v) is 11.8. The minimum absolute atomic E-state index is 0.0191. The summed E-state index contributed by atoms with van der Waals surface area (Å²) in [7, 11) is 0. The number of fused-ring (bicyclic) bond motifs is 1. The molecule has 1 aliphatic rings. The van der Waals surface area contributed by atoms with Crippen LogP contribution in [0.15, 0.2) is 41.2 Å². The molecule has 1 aromatic carbocycles. The van der Waals surface area contributed by atoms with Crippen LogP contribution >= 0.6 is 11.3 Å². The number of carbonyl (C=O) groups excluding carboxylic acids is 1. The highest BCUT2D eigenvalue weighted by Gasteiger charge is 2.27. The molecule has 3 heterocycles. The fraction of sp³-hybridized carbons (Fsp3) is 0.478. The Bertz CT molecular complexity index is 1090. The first-order chi connectivity index (χ1) is 15.0. The van der Waals surface area contributed by atoms with E-state index in [1.807, 2.05) is 18.2 Å². The summed E-state index contributed by atoms with van der Waals surface area (Å²) in [5.41, 5.74) is 1.93. The van der Waals surface area contributed by atoms with Gasteiger partial charge in [0, 0.05) is 37.3 Å². The van der Waals surface area contributed by atoms with E-state index < -0.39 is 0 Å². The Labute approximate surface area is 186 Å². The summed E-state index contributed by atoms with van der Waals surface area (Å²) in [6.07, 6.45) is 3.31. The normalized spacial score (nSPS) is 15.9. The lowest BCUT2D eigenvalue weighted by Crippen LogP contribution is -2.41. The van der Waals surface area contributed by atoms with E-state index in [4.69, 9.17) is 0 Å². The van der Waals surface area contributed by atoms with Crippen LogP contribution in [0.25, 0.3) is 4.96 Å². The van der Waals surface area contributed by atoms with Gasteiger partial charge in [-0.15, -0.1) is 5.10 Å². The maximum atomic E-state index is 12.7. The second-order valence-corrected chi connectivity index (χ2v) is 9.17. The number of nitrogens with one attached hydrogen (secondary N) is 1. The van der Waals surface area contributed by atoms with Gasteiger partial charge in [-0.3, -0.25) is 9.59 Å². The predicted octanol–water partition coefficient (Wildman–Crippen LogP) is 3.24. The molecule has 1 atom stereocenters. The number of hydrogen-bond donors (Lipinski definition) is 1. The molecule has 1 fully saturated rings. The Morgan fingerprint density at radius 2 is 2.00 bits per heavy atom. The smallest absolute Gasteiger partial charge is 0.275 e. The van der Waals surface area contributed by atoms with Crippen molar-refractivity contribution < 1.29 is 4.79 Å². The lowest BCUT2D eigenvalue weighted by molar-refractivity contribution is -0.125. The van der Waals surface area contributed by atoms with Crippen LogP contribution in [0, 0.1) is 5.92 Å². The largest absolute Gasteiger partial charge is 0.355 e. The van der Waals surface area contributed by atoms with E-state index in [1.54, 1.807) is 6.07 Å². The Hall–Kier alpha value is -2.74. The third kappa shape index (κ3) is 4.95. The molecule has 0 aliphatic carbocycles. The van der Waals surface area contributed by atoms with Gasteiger partial charge in [0.05, 0.1) is 0 Å². The molecule has 4 rings (SSSR count). The average molecular weight is 440 g/mol. The van der Waals surface area contributed by atoms with Crippen molar-refractivity contribution in [2.24, 2.45) is 5.92 Å². The molecule has 0 spiro atoms. The zero-order chi connectivity index (χ0) is 21.8. The molecule has 1 N–H and O–H groups in total. The SMILES string of the molecule is CCCc1cc(=O)n2nc(N3CCC(C(=O)NC[C@@H](C)c4ccccc4)CC3)sc2n1. The minimum Gasteiger partial charge on any atom is -0.355 e. The van der Waals surface area contributed by atoms with E-state index in [2.05, 4.69) is 46.3 Å². The van der Waals surface area contributed by atoms with Gasteiger partial charge >= 0.3 is 0 Å². The molecule has 7 nitrogen and oxygen atoms in total. The Balaban J connectivity index is 1.33. The first-order valence-electron chi connectivity index (χ1n) is 11.0. The van der Waals surface area contributed by atoms with Crippen molar-refractivity contribution >= 4 is 27.3 Å². The molecule has 0 radical (unpaired) electrons. The van der Waals surface area contributed by atoms with Gasteiger partial charge in [-0.1, -0.05) is 61.9 Å². The van der Waals surface area contributed by atoms with Gasteiger partial charge in [0.15, 0.2) is 0 Å². The van der Waals surface area contributed by atoms with Gasteiger partial charge in [-0.25, -0.2) is 4.98 Å². The quantitative estimate of drug-likeness (QED) is 0.611. The molecule has 0 saturated carbocycles. The van der Waals surface area contributed by atoms with Crippen LogP contribution < -0.4 is 15.8 Å². The second-order valence-electron chi connectivity index (χ2n) is 8.23. The van der Waals surface area contributed by atoms with Crippen LogP contribution in [-0.4, -0.2) is 40.1 Å². The van der Waals surface area contributed by atoms with Crippen LogP contribution in [0.3, 0.4) is 0 Å². The van der Waals surface area contributed by atoms with Gasteiger partial charge in [-0.2, -0.15) is 4.52 Å². The fourth-order valence-electron chi connectivity index (χ4n) is 3.99. The number of rotatable bonds is 7. The van der Waals surface area contributed by atoms with E-state index in [0.717, 1.165) is 49.6 Å². The summed E-state index contributed by atoms with van der Waals surface area (Å²) in [4.78, 5) is 32.4. The number of aryl methyl sites for hydroxylation is 1. The van der Waals surface area contributed by atoms with Crippen LogP contribution in [-0.2, 0) is 11.2 Å². The number of piperidine rings is 1. The van der Waals surface area contributed by atoms with E-state index in [0.29, 0.717) is 11.5 Å². The van der Waals surface area contributed by atoms with E-state index >= 15 is 0 Å². The molecule has 164 valence electrons. The maximum absolute atomic E-state index is 12.7. The second kappa shape index (κ2) is 9.60.